The Bertz CT molecular complexity index is 536. The van der Waals surface area contributed by atoms with Crippen LogP contribution in [0.2, 0.25) is 0 Å². The summed E-state index contributed by atoms with van der Waals surface area (Å²) in [6.07, 6.45) is -3.06. The fourth-order valence-corrected chi connectivity index (χ4v) is 1.37. The summed E-state index contributed by atoms with van der Waals surface area (Å²) < 4.78 is 31.5. The van der Waals surface area contributed by atoms with Crippen LogP contribution in [-0.4, -0.2) is 25.0 Å². The number of nitrogens with zero attached hydrogens (tertiary/aromatic N) is 1. The van der Waals surface area contributed by atoms with Crippen LogP contribution >= 0.6 is 0 Å². The molecule has 1 unspecified atom stereocenters. The molecule has 1 aliphatic heterocycles. The van der Waals surface area contributed by atoms with Gasteiger partial charge in [-0.25, -0.2) is 0 Å². The van der Waals surface area contributed by atoms with Crippen LogP contribution in [0.5, 0.6) is 0 Å². The summed E-state index contributed by atoms with van der Waals surface area (Å²) in [5.41, 5.74) is 2.27. The molecule has 0 amide bonds. The molecule has 0 spiro atoms. The molecule has 20 heavy (non-hydrogen) atoms. The highest BCUT2D eigenvalue weighted by Gasteiger charge is 2.28. The van der Waals surface area contributed by atoms with Crippen molar-refractivity contribution in [2.75, 3.05) is 7.05 Å². The van der Waals surface area contributed by atoms with Crippen LogP contribution in [0.1, 0.15) is 12.5 Å². The van der Waals surface area contributed by atoms with Crippen molar-refractivity contribution in [1.29, 1.82) is 0 Å². The molecule has 0 saturated carbocycles. The number of carbonyl (C=O) groups excluding carboxylic acids is 1. The normalized spacial score (nSPS) is 17.8. The number of benzene rings is 1. The second-order valence-electron chi connectivity index (χ2n) is 4.06. The molecule has 1 heterocycles. The lowest BCUT2D eigenvalue weighted by Gasteiger charge is -2.03. The first kappa shape index (κ1) is 15.9. The minimum atomic E-state index is -5.19. The number of hydrogen-bond donors (Lipinski definition) is 1. The molecule has 0 aromatic heterocycles. The number of nitrogens with one attached hydrogen (secondary N) is 1. The second-order valence-corrected chi connectivity index (χ2v) is 4.06. The van der Waals surface area contributed by atoms with Gasteiger partial charge in [0, 0.05) is 12.5 Å². The van der Waals surface area contributed by atoms with Gasteiger partial charge in [-0.05, 0) is 0 Å². The van der Waals surface area contributed by atoms with Gasteiger partial charge in [0.1, 0.15) is 17.9 Å². The van der Waals surface area contributed by atoms with Crippen molar-refractivity contribution in [2.24, 2.45) is 4.99 Å². The number of carboxylic acids is 1. The van der Waals surface area contributed by atoms with E-state index in [1.54, 1.807) is 0 Å². The lowest BCUT2D eigenvalue weighted by Crippen LogP contribution is -3.05. The number of quaternary nitrogens is 1. The number of aliphatic imine (C=N–C) groups is 1. The van der Waals surface area contributed by atoms with E-state index in [0.29, 0.717) is 0 Å². The Hall–Kier alpha value is -2.15. The Balaban J connectivity index is 0.000000246. The smallest absolute Gasteiger partial charge is 0.430 e. The van der Waals surface area contributed by atoms with Gasteiger partial charge in [-0.15, -0.1) is 0 Å². The van der Waals surface area contributed by atoms with Gasteiger partial charge >= 0.3 is 6.18 Å². The highest BCUT2D eigenvalue weighted by Crippen LogP contribution is 2.15. The Morgan fingerprint density at radius 1 is 1.25 bits per heavy atom. The lowest BCUT2D eigenvalue weighted by atomic mass is 10.2. The number of aliphatic carboxylic acids is 1. The average Bonchev–Trinajstić information content (AvgIpc) is 2.70. The predicted molar refractivity (Wildman–Crippen MR) is 65.5 cm³/mol. The van der Waals surface area contributed by atoms with Crippen molar-refractivity contribution in [3.63, 3.8) is 0 Å². The number of hydrogen-bond acceptors (Lipinski definition) is 3. The average molecular weight is 286 g/mol. The number of carboxylic acid groups (broad SMARTS) is 1. The molecule has 0 bridgehead atoms. The zero-order valence-electron chi connectivity index (χ0n) is 10.9. The van der Waals surface area contributed by atoms with Gasteiger partial charge in [0.05, 0.1) is 7.05 Å². The van der Waals surface area contributed by atoms with Gasteiger partial charge in [-0.2, -0.15) is 18.2 Å². The van der Waals surface area contributed by atoms with E-state index in [0.717, 1.165) is 11.5 Å². The summed E-state index contributed by atoms with van der Waals surface area (Å²) in [5, 5.41) is 8.78. The van der Waals surface area contributed by atoms with Crippen molar-refractivity contribution >= 4 is 17.5 Å². The monoisotopic (exact) mass is 286 g/mol. The zero-order valence-corrected chi connectivity index (χ0v) is 10.9. The number of alkyl halides is 3. The molecule has 1 N–H and O–H groups in total. The zero-order chi connectivity index (χ0) is 15.3. The van der Waals surface area contributed by atoms with Crippen LogP contribution in [0.15, 0.2) is 41.5 Å². The van der Waals surface area contributed by atoms with Crippen molar-refractivity contribution in [3.05, 3.63) is 42.1 Å². The predicted octanol–water partition coefficient (Wildman–Crippen LogP) is 0.230. The maximum Gasteiger partial charge on any atom is 0.430 e. The number of amidine groups is 1. The maximum absolute atomic E-state index is 10.5. The molecule has 0 aliphatic carbocycles. The summed E-state index contributed by atoms with van der Waals surface area (Å²) in [6.45, 7) is 2.04. The maximum atomic E-state index is 10.5. The molecule has 0 saturated heterocycles. The van der Waals surface area contributed by atoms with Crippen molar-refractivity contribution in [1.82, 2.24) is 0 Å². The van der Waals surface area contributed by atoms with Crippen LogP contribution in [0.3, 0.4) is 0 Å². The van der Waals surface area contributed by atoms with Crippen molar-refractivity contribution in [3.8, 4) is 0 Å². The van der Waals surface area contributed by atoms with E-state index < -0.39 is 12.1 Å². The SMILES string of the molecule is CC1=NC(c2ccccc2)=C[NH+]1C.O=C([O-])C(F)(F)F. The summed E-state index contributed by atoms with van der Waals surface area (Å²) in [6, 6.07) is 10.3. The van der Waals surface area contributed by atoms with E-state index in [9.17, 15) is 13.2 Å². The highest BCUT2D eigenvalue weighted by atomic mass is 19.4. The van der Waals surface area contributed by atoms with Crippen molar-refractivity contribution in [2.45, 2.75) is 13.1 Å². The standard InChI is InChI=1S/C11H12N2.C2HF3O2/c1-9-12-11(8-13(9)2)10-6-4-3-5-7-10;3-2(4,5)1(6)7/h3-8H,1-2H3;(H,6,7). The summed E-state index contributed by atoms with van der Waals surface area (Å²) in [7, 11) is 2.09. The van der Waals surface area contributed by atoms with Crippen molar-refractivity contribution < 1.29 is 28.0 Å². The Kier molecular flexibility index (Phi) is 5.04. The molecular weight excluding hydrogens is 273 g/mol. The summed E-state index contributed by atoms with van der Waals surface area (Å²) >= 11 is 0. The van der Waals surface area contributed by atoms with E-state index >= 15 is 0 Å². The minimum Gasteiger partial charge on any atom is -0.542 e. The first-order chi connectivity index (χ1) is 9.21. The number of halogens is 3. The third kappa shape index (κ3) is 4.51. The number of carbonyl (C=O) groups is 1. The molecular formula is C13H13F3N2O2. The first-order valence-corrected chi connectivity index (χ1v) is 5.66. The molecule has 1 aliphatic rings. The third-order valence-electron chi connectivity index (χ3n) is 2.51. The van der Waals surface area contributed by atoms with Crippen LogP contribution < -0.4 is 10.0 Å². The summed E-state index contributed by atoms with van der Waals surface area (Å²) in [4.78, 5) is 14.5. The van der Waals surface area contributed by atoms with Gasteiger partial charge in [-0.1, -0.05) is 30.3 Å². The van der Waals surface area contributed by atoms with E-state index in [4.69, 9.17) is 9.90 Å². The van der Waals surface area contributed by atoms with Gasteiger partial charge in [0.25, 0.3) is 0 Å². The third-order valence-corrected chi connectivity index (χ3v) is 2.51. The molecule has 0 radical (unpaired) electrons. The molecule has 0 fully saturated rings. The highest BCUT2D eigenvalue weighted by molar-refractivity contribution is 5.83. The van der Waals surface area contributed by atoms with E-state index in [1.165, 1.54) is 10.5 Å². The molecule has 1 aromatic carbocycles. The van der Waals surface area contributed by atoms with E-state index in [-0.39, 0.29) is 0 Å². The minimum absolute atomic E-state index is 1.08. The molecule has 1 atom stereocenters. The van der Waals surface area contributed by atoms with Crippen LogP contribution in [0, 0.1) is 0 Å². The van der Waals surface area contributed by atoms with Crippen LogP contribution in [-0.2, 0) is 4.79 Å². The molecule has 108 valence electrons. The van der Waals surface area contributed by atoms with Crippen LogP contribution in [0.25, 0.3) is 5.70 Å². The number of rotatable bonds is 1. The Labute approximate surface area is 113 Å². The molecule has 2 rings (SSSR count). The Morgan fingerprint density at radius 3 is 2.10 bits per heavy atom. The van der Waals surface area contributed by atoms with Gasteiger partial charge in [-0.3, -0.25) is 4.90 Å². The Morgan fingerprint density at radius 2 is 1.75 bits per heavy atom. The molecule has 1 aromatic rings. The largest absolute Gasteiger partial charge is 0.542 e. The first-order valence-electron chi connectivity index (χ1n) is 5.66. The van der Waals surface area contributed by atoms with Gasteiger partial charge in [0.2, 0.25) is 5.84 Å². The van der Waals surface area contributed by atoms with E-state index in [1.807, 2.05) is 25.1 Å². The fraction of sp³-hybridized carbons (Fsp3) is 0.231. The molecule has 4 nitrogen and oxygen atoms in total. The van der Waals surface area contributed by atoms with Gasteiger partial charge in [0.15, 0.2) is 0 Å². The lowest BCUT2D eigenvalue weighted by molar-refractivity contribution is -0.718. The van der Waals surface area contributed by atoms with Gasteiger partial charge < -0.3 is 9.90 Å². The van der Waals surface area contributed by atoms with E-state index in [2.05, 4.69) is 30.4 Å². The molecule has 7 heteroatoms. The summed E-state index contributed by atoms with van der Waals surface area (Å²) in [5.74, 6) is -1.88. The van der Waals surface area contributed by atoms with Crippen LogP contribution in [0.4, 0.5) is 13.2 Å². The topological polar surface area (TPSA) is 56.9 Å². The quantitative estimate of drug-likeness (QED) is 0.803. The second kappa shape index (κ2) is 6.33. The fourth-order valence-electron chi connectivity index (χ4n) is 1.37.